The Morgan fingerprint density at radius 3 is 1.52 bits per heavy atom. The summed E-state index contributed by atoms with van der Waals surface area (Å²) in [5.41, 5.74) is 4.10. The van der Waals surface area contributed by atoms with E-state index in [0.717, 1.165) is 35.9 Å². The summed E-state index contributed by atoms with van der Waals surface area (Å²) in [7, 11) is 0. The van der Waals surface area contributed by atoms with Crippen LogP contribution >= 0.6 is 0 Å². The van der Waals surface area contributed by atoms with Crippen LogP contribution in [0.15, 0.2) is 72.9 Å². The minimum absolute atomic E-state index is 0.0536. The van der Waals surface area contributed by atoms with Crippen molar-refractivity contribution in [3.8, 4) is 57.3 Å². The van der Waals surface area contributed by atoms with Crippen LogP contribution in [0, 0.1) is 37.5 Å². The van der Waals surface area contributed by atoms with Crippen LogP contribution in [0.1, 0.15) is 110 Å². The molecule has 0 saturated heterocycles. The lowest BCUT2D eigenvalue weighted by Crippen LogP contribution is -2.07. The maximum atomic E-state index is 11.6. The van der Waals surface area contributed by atoms with E-state index in [1.165, 1.54) is 38.5 Å². The molecule has 2 unspecified atom stereocenters. The van der Waals surface area contributed by atoms with Gasteiger partial charge in [-0.05, 0) is 92.3 Å². The first-order valence-corrected chi connectivity index (χ1v) is 20.8. The van der Waals surface area contributed by atoms with Crippen LogP contribution in [-0.2, 0) is 6.54 Å². The summed E-state index contributed by atoms with van der Waals surface area (Å²) < 4.78 is 14.5. The van der Waals surface area contributed by atoms with Gasteiger partial charge in [0.15, 0.2) is 17.5 Å². The first-order chi connectivity index (χ1) is 26.9. The zero-order chi connectivity index (χ0) is 40.2. The first kappa shape index (κ1) is 42.3. The Kier molecular flexibility index (Phi) is 15.4. The van der Waals surface area contributed by atoms with E-state index in [0.29, 0.717) is 82.8 Å². The monoisotopic (exact) mass is 760 g/mol. The molecule has 3 aromatic carbocycles. The van der Waals surface area contributed by atoms with Gasteiger partial charge in [-0.2, -0.15) is 0 Å². The van der Waals surface area contributed by atoms with Gasteiger partial charge in [0.05, 0.1) is 30.0 Å². The number of hydrogen-bond acceptors (Lipinski definition) is 7. The molecule has 0 spiro atoms. The molecule has 8 heteroatoms. The Hall–Kier alpha value is -4.85. The van der Waals surface area contributed by atoms with Crippen LogP contribution in [0.5, 0.6) is 23.0 Å². The van der Waals surface area contributed by atoms with Crippen LogP contribution in [0.25, 0.3) is 34.3 Å². The highest BCUT2D eigenvalue weighted by Gasteiger charge is 2.22. The SMILES string of the molecule is Cc1c(OCCC(C)CCCC(C)C)ccc(-c2nc(-c3ccc(OCCC(C)CCCC(C)C)c(C)c3O)nc(-c3cccn3Cc3ccccc3)n2)c1O. The molecule has 56 heavy (non-hydrogen) atoms. The zero-order valence-electron chi connectivity index (χ0n) is 35.0. The number of phenolic OH excluding ortho intramolecular Hbond substituents is 2. The number of ether oxygens (including phenoxy) is 2. The van der Waals surface area contributed by atoms with Crippen molar-refractivity contribution in [2.45, 2.75) is 113 Å². The Morgan fingerprint density at radius 1 is 0.554 bits per heavy atom. The van der Waals surface area contributed by atoms with Gasteiger partial charge in [0, 0.05) is 23.9 Å². The van der Waals surface area contributed by atoms with Crippen molar-refractivity contribution < 1.29 is 19.7 Å². The Labute approximate surface area is 335 Å². The van der Waals surface area contributed by atoms with Crippen molar-refractivity contribution in [3.05, 3.63) is 89.6 Å². The minimum atomic E-state index is 0.0536. The average Bonchev–Trinajstić information content (AvgIpc) is 3.63. The molecule has 0 aliphatic carbocycles. The van der Waals surface area contributed by atoms with E-state index in [1.54, 1.807) is 0 Å². The fraction of sp³-hybridized carbons (Fsp3) is 0.479. The van der Waals surface area contributed by atoms with Crippen molar-refractivity contribution >= 4 is 0 Å². The molecule has 0 bridgehead atoms. The lowest BCUT2D eigenvalue weighted by Gasteiger charge is -2.17. The molecule has 0 aliphatic rings. The highest BCUT2D eigenvalue weighted by molar-refractivity contribution is 5.74. The molecule has 2 heterocycles. The molecule has 8 nitrogen and oxygen atoms in total. The Bertz CT molecular complexity index is 1890. The fourth-order valence-corrected chi connectivity index (χ4v) is 7.08. The van der Waals surface area contributed by atoms with Gasteiger partial charge >= 0.3 is 0 Å². The van der Waals surface area contributed by atoms with Crippen LogP contribution in [0.2, 0.25) is 0 Å². The lowest BCUT2D eigenvalue weighted by atomic mass is 9.98. The summed E-state index contributed by atoms with van der Waals surface area (Å²) in [5, 5.41) is 23.2. The largest absolute Gasteiger partial charge is 0.507 e. The second kappa shape index (κ2) is 20.4. The molecule has 5 aromatic rings. The summed E-state index contributed by atoms with van der Waals surface area (Å²) in [6, 6.07) is 21.6. The summed E-state index contributed by atoms with van der Waals surface area (Å²) >= 11 is 0. The molecule has 2 N–H and O–H groups in total. The van der Waals surface area contributed by atoms with Crippen LogP contribution in [0.3, 0.4) is 0 Å². The number of aromatic nitrogens is 4. The highest BCUT2D eigenvalue weighted by Crippen LogP contribution is 2.40. The number of rotatable bonds is 21. The van der Waals surface area contributed by atoms with Gasteiger partial charge in [0.25, 0.3) is 0 Å². The van der Waals surface area contributed by atoms with Crippen molar-refractivity contribution in [2.75, 3.05) is 13.2 Å². The second-order valence-corrected chi connectivity index (χ2v) is 16.6. The number of aromatic hydroxyl groups is 2. The van der Waals surface area contributed by atoms with Gasteiger partial charge in [-0.15, -0.1) is 0 Å². The fourth-order valence-electron chi connectivity index (χ4n) is 7.08. The van der Waals surface area contributed by atoms with E-state index in [1.807, 2.05) is 74.6 Å². The third-order valence-electron chi connectivity index (χ3n) is 10.8. The molecule has 0 fully saturated rings. The van der Waals surface area contributed by atoms with E-state index < -0.39 is 0 Å². The molecule has 0 radical (unpaired) electrons. The maximum Gasteiger partial charge on any atom is 0.180 e. The van der Waals surface area contributed by atoms with E-state index in [9.17, 15) is 10.2 Å². The predicted molar refractivity (Wildman–Crippen MR) is 228 cm³/mol. The van der Waals surface area contributed by atoms with E-state index >= 15 is 0 Å². The summed E-state index contributed by atoms with van der Waals surface area (Å²) in [6.45, 7) is 19.1. The van der Waals surface area contributed by atoms with Gasteiger partial charge < -0.3 is 24.3 Å². The Balaban J connectivity index is 1.43. The smallest absolute Gasteiger partial charge is 0.180 e. The number of nitrogens with zero attached hydrogens (tertiary/aromatic N) is 4. The summed E-state index contributed by atoms with van der Waals surface area (Å²) in [4.78, 5) is 14.8. The van der Waals surface area contributed by atoms with Crippen LogP contribution < -0.4 is 9.47 Å². The maximum absolute atomic E-state index is 11.6. The summed E-state index contributed by atoms with van der Waals surface area (Å²) in [6.07, 6.45) is 11.2. The summed E-state index contributed by atoms with van der Waals surface area (Å²) in [5.74, 6) is 5.00. The minimum Gasteiger partial charge on any atom is -0.507 e. The van der Waals surface area contributed by atoms with Gasteiger partial charge in [-0.3, -0.25) is 0 Å². The standard InChI is InChI=1S/C48H64N4O4/c1-32(2)15-12-17-34(5)26-29-55-42-24-22-39(44(53)36(42)7)46-49-47(51-48(50-46)41-21-14-28-52(41)31-38-19-10-9-11-20-38)40-23-25-43(37(8)45(40)54)56-30-27-35(6)18-13-16-33(3)4/h9-11,14,19-25,28,32-35,53-54H,12-13,15-18,26-27,29-31H2,1-8H3. The molecule has 300 valence electrons. The first-order valence-electron chi connectivity index (χ1n) is 20.8. The third kappa shape index (κ3) is 11.6. The molecule has 0 amide bonds. The second-order valence-electron chi connectivity index (χ2n) is 16.6. The predicted octanol–water partition coefficient (Wildman–Crippen LogP) is 12.2. The highest BCUT2D eigenvalue weighted by atomic mass is 16.5. The lowest BCUT2D eigenvalue weighted by molar-refractivity contribution is 0.273. The van der Waals surface area contributed by atoms with Gasteiger partial charge in [-0.1, -0.05) is 110 Å². The topological polar surface area (TPSA) is 103 Å². The Morgan fingerprint density at radius 2 is 1.04 bits per heavy atom. The molecule has 2 atom stereocenters. The quantitative estimate of drug-likeness (QED) is 0.0767. The number of hydrogen-bond donors (Lipinski definition) is 2. The van der Waals surface area contributed by atoms with Gasteiger partial charge in [0.2, 0.25) is 0 Å². The van der Waals surface area contributed by atoms with E-state index in [-0.39, 0.29) is 11.5 Å². The normalized spacial score (nSPS) is 12.7. The van der Waals surface area contributed by atoms with E-state index in [4.69, 9.17) is 24.4 Å². The van der Waals surface area contributed by atoms with Gasteiger partial charge in [0.1, 0.15) is 23.0 Å². The third-order valence-corrected chi connectivity index (χ3v) is 10.8. The van der Waals surface area contributed by atoms with Crippen molar-refractivity contribution in [2.24, 2.45) is 23.7 Å². The molecule has 0 saturated carbocycles. The average molecular weight is 761 g/mol. The number of phenols is 2. The van der Waals surface area contributed by atoms with Crippen LogP contribution in [0.4, 0.5) is 0 Å². The van der Waals surface area contributed by atoms with Crippen molar-refractivity contribution in [3.63, 3.8) is 0 Å². The molecular weight excluding hydrogens is 697 g/mol. The van der Waals surface area contributed by atoms with Crippen molar-refractivity contribution in [1.82, 2.24) is 19.5 Å². The van der Waals surface area contributed by atoms with Gasteiger partial charge in [-0.25, -0.2) is 15.0 Å². The molecular formula is C48H64N4O4. The van der Waals surface area contributed by atoms with Crippen LogP contribution in [-0.4, -0.2) is 42.9 Å². The number of benzene rings is 3. The molecule has 0 aliphatic heterocycles. The molecule has 5 rings (SSSR count). The van der Waals surface area contributed by atoms with E-state index in [2.05, 4.69) is 58.2 Å². The zero-order valence-corrected chi connectivity index (χ0v) is 35.0. The molecule has 2 aromatic heterocycles. The van der Waals surface area contributed by atoms with Crippen molar-refractivity contribution in [1.29, 1.82) is 0 Å².